The first-order valence-corrected chi connectivity index (χ1v) is 6.15. The molecule has 1 aromatic rings. The van der Waals surface area contributed by atoms with Crippen LogP contribution in [0.3, 0.4) is 0 Å². The van der Waals surface area contributed by atoms with Crippen molar-refractivity contribution in [1.82, 2.24) is 5.32 Å². The number of carbonyl (C=O) groups excluding carboxylic acids is 1. The third-order valence-electron chi connectivity index (χ3n) is 2.62. The minimum atomic E-state index is 0.0163. The van der Waals surface area contributed by atoms with Gasteiger partial charge in [-0.2, -0.15) is 0 Å². The quantitative estimate of drug-likeness (QED) is 0.731. The summed E-state index contributed by atoms with van der Waals surface area (Å²) in [5.74, 6) is 0.0163. The number of nitrogens with one attached hydrogen (secondary N) is 1. The lowest BCUT2D eigenvalue weighted by Crippen LogP contribution is -2.22. The molecular formula is C14H21NO. The average Bonchev–Trinajstić information content (AvgIpc) is 2.30. The molecule has 0 saturated carbocycles. The van der Waals surface area contributed by atoms with Gasteiger partial charge in [0, 0.05) is 12.1 Å². The van der Waals surface area contributed by atoms with E-state index >= 15 is 0 Å². The lowest BCUT2D eigenvalue weighted by molar-refractivity contribution is 0.0956. The smallest absolute Gasteiger partial charge is 0.251 e. The van der Waals surface area contributed by atoms with Crippen molar-refractivity contribution < 1.29 is 4.79 Å². The first-order valence-electron chi connectivity index (χ1n) is 6.15. The molecule has 0 radical (unpaired) electrons. The zero-order chi connectivity index (χ0) is 11.8. The maximum Gasteiger partial charge on any atom is 0.251 e. The molecule has 0 bridgehead atoms. The van der Waals surface area contributed by atoms with Crippen molar-refractivity contribution in [3.05, 3.63) is 35.4 Å². The molecule has 1 aromatic carbocycles. The summed E-state index contributed by atoms with van der Waals surface area (Å²) in [6.45, 7) is 4.81. The molecule has 0 unspecified atom stereocenters. The normalized spacial score (nSPS) is 10.1. The summed E-state index contributed by atoms with van der Waals surface area (Å²) in [5, 5.41) is 2.79. The minimum absolute atomic E-state index is 0.0163. The monoisotopic (exact) mass is 219 g/mol. The van der Waals surface area contributed by atoms with Crippen molar-refractivity contribution in [2.24, 2.45) is 0 Å². The summed E-state index contributed by atoms with van der Waals surface area (Å²) in [7, 11) is 0. The molecule has 1 amide bonds. The molecule has 0 spiro atoms. The zero-order valence-corrected chi connectivity index (χ0v) is 10.3. The van der Waals surface area contributed by atoms with E-state index in [2.05, 4.69) is 24.4 Å². The highest BCUT2D eigenvalue weighted by molar-refractivity contribution is 5.94. The van der Waals surface area contributed by atoms with Gasteiger partial charge < -0.3 is 5.32 Å². The van der Waals surface area contributed by atoms with Crippen LogP contribution in [0.5, 0.6) is 0 Å². The van der Waals surface area contributed by atoms with Crippen molar-refractivity contribution in [2.75, 3.05) is 6.54 Å². The summed E-state index contributed by atoms with van der Waals surface area (Å²) < 4.78 is 0. The Morgan fingerprint density at radius 1 is 1.12 bits per heavy atom. The molecule has 1 N–H and O–H groups in total. The number of carbonyl (C=O) groups is 1. The fourth-order valence-electron chi connectivity index (χ4n) is 1.66. The van der Waals surface area contributed by atoms with Crippen LogP contribution >= 0.6 is 0 Å². The Labute approximate surface area is 98.1 Å². The Morgan fingerprint density at radius 2 is 1.81 bits per heavy atom. The van der Waals surface area contributed by atoms with Gasteiger partial charge in [0.2, 0.25) is 0 Å². The highest BCUT2D eigenvalue weighted by Crippen LogP contribution is 2.08. The van der Waals surface area contributed by atoms with Gasteiger partial charge in [-0.15, -0.1) is 0 Å². The molecule has 0 aromatic heterocycles. The lowest BCUT2D eigenvalue weighted by atomic mass is 10.1. The Morgan fingerprint density at radius 3 is 2.38 bits per heavy atom. The fourth-order valence-corrected chi connectivity index (χ4v) is 1.66. The molecule has 1 rings (SSSR count). The highest BCUT2D eigenvalue weighted by atomic mass is 16.1. The molecule has 0 atom stereocenters. The van der Waals surface area contributed by atoms with Crippen LogP contribution in [0.2, 0.25) is 0 Å². The van der Waals surface area contributed by atoms with Crippen LogP contribution in [0.15, 0.2) is 24.3 Å². The largest absolute Gasteiger partial charge is 0.352 e. The number of aryl methyl sites for hydroxylation is 1. The molecule has 16 heavy (non-hydrogen) atoms. The number of hydrogen-bond acceptors (Lipinski definition) is 1. The van der Waals surface area contributed by atoms with Gasteiger partial charge in [-0.25, -0.2) is 0 Å². The predicted molar refractivity (Wildman–Crippen MR) is 67.7 cm³/mol. The summed E-state index contributed by atoms with van der Waals surface area (Å²) >= 11 is 0. The molecule has 0 saturated heterocycles. The van der Waals surface area contributed by atoms with Gasteiger partial charge in [0.05, 0.1) is 0 Å². The van der Waals surface area contributed by atoms with E-state index in [0.29, 0.717) is 6.54 Å². The number of amides is 1. The van der Waals surface area contributed by atoms with Crippen LogP contribution in [0.4, 0.5) is 0 Å². The van der Waals surface area contributed by atoms with E-state index in [4.69, 9.17) is 0 Å². The Balaban J connectivity index is 2.50. The lowest BCUT2D eigenvalue weighted by Gasteiger charge is -2.04. The molecule has 0 heterocycles. The molecule has 0 fully saturated rings. The Hall–Kier alpha value is -1.31. The number of unbranched alkanes of at least 4 members (excludes halogenated alkanes) is 2. The molecule has 0 aliphatic rings. The van der Waals surface area contributed by atoms with Gasteiger partial charge >= 0.3 is 0 Å². The Bertz CT molecular complexity index is 316. The van der Waals surface area contributed by atoms with E-state index in [9.17, 15) is 4.79 Å². The number of rotatable bonds is 6. The van der Waals surface area contributed by atoms with E-state index < -0.39 is 0 Å². The third kappa shape index (κ3) is 4.05. The van der Waals surface area contributed by atoms with Crippen molar-refractivity contribution in [3.63, 3.8) is 0 Å². The topological polar surface area (TPSA) is 29.1 Å². The van der Waals surface area contributed by atoms with Crippen LogP contribution in [0, 0.1) is 0 Å². The molecule has 0 aliphatic heterocycles. The molecular weight excluding hydrogens is 198 g/mol. The van der Waals surface area contributed by atoms with Crippen molar-refractivity contribution in [1.29, 1.82) is 0 Å². The van der Waals surface area contributed by atoms with Crippen molar-refractivity contribution >= 4 is 5.91 Å². The first kappa shape index (κ1) is 12.8. The average molecular weight is 219 g/mol. The van der Waals surface area contributed by atoms with E-state index in [1.165, 1.54) is 24.8 Å². The summed E-state index contributed by atoms with van der Waals surface area (Å²) in [6, 6.07) is 7.93. The fraction of sp³-hybridized carbons (Fsp3) is 0.500. The minimum Gasteiger partial charge on any atom is -0.352 e. The van der Waals surface area contributed by atoms with Gasteiger partial charge in [0.15, 0.2) is 0 Å². The standard InChI is InChI=1S/C14H21NO/c1-3-5-6-7-12-8-10-13(11-9-12)14(16)15-4-2/h8-11H,3-7H2,1-2H3,(H,15,16). The third-order valence-corrected chi connectivity index (χ3v) is 2.62. The molecule has 88 valence electrons. The summed E-state index contributed by atoms with van der Waals surface area (Å²) in [5.41, 5.74) is 2.07. The molecule has 2 heteroatoms. The highest BCUT2D eigenvalue weighted by Gasteiger charge is 2.02. The molecule has 2 nitrogen and oxygen atoms in total. The van der Waals surface area contributed by atoms with Gasteiger partial charge in [-0.1, -0.05) is 31.9 Å². The van der Waals surface area contributed by atoms with Crippen LogP contribution in [0.1, 0.15) is 49.0 Å². The van der Waals surface area contributed by atoms with Crippen LogP contribution in [-0.2, 0) is 6.42 Å². The van der Waals surface area contributed by atoms with Gasteiger partial charge in [0.1, 0.15) is 0 Å². The maximum absolute atomic E-state index is 11.5. The van der Waals surface area contributed by atoms with Gasteiger partial charge in [0.25, 0.3) is 5.91 Å². The summed E-state index contributed by atoms with van der Waals surface area (Å²) in [6.07, 6.45) is 4.87. The van der Waals surface area contributed by atoms with E-state index in [1.807, 2.05) is 19.1 Å². The Kier molecular flexibility index (Phi) is 5.62. The molecule has 0 aliphatic carbocycles. The summed E-state index contributed by atoms with van der Waals surface area (Å²) in [4.78, 5) is 11.5. The van der Waals surface area contributed by atoms with E-state index in [-0.39, 0.29) is 5.91 Å². The van der Waals surface area contributed by atoms with Crippen LogP contribution in [-0.4, -0.2) is 12.5 Å². The van der Waals surface area contributed by atoms with Gasteiger partial charge in [-0.3, -0.25) is 4.79 Å². The first-order chi connectivity index (χ1) is 7.77. The second-order valence-electron chi connectivity index (χ2n) is 4.01. The van der Waals surface area contributed by atoms with Gasteiger partial charge in [-0.05, 0) is 37.5 Å². The van der Waals surface area contributed by atoms with Crippen molar-refractivity contribution in [2.45, 2.75) is 39.5 Å². The maximum atomic E-state index is 11.5. The van der Waals surface area contributed by atoms with E-state index in [1.54, 1.807) is 0 Å². The second kappa shape index (κ2) is 7.04. The van der Waals surface area contributed by atoms with Crippen LogP contribution in [0.25, 0.3) is 0 Å². The number of hydrogen-bond donors (Lipinski definition) is 1. The van der Waals surface area contributed by atoms with Crippen molar-refractivity contribution in [3.8, 4) is 0 Å². The van der Waals surface area contributed by atoms with E-state index in [0.717, 1.165) is 12.0 Å². The SMILES string of the molecule is CCCCCc1ccc(C(=O)NCC)cc1. The zero-order valence-electron chi connectivity index (χ0n) is 10.3. The number of benzene rings is 1. The van der Waals surface area contributed by atoms with Crippen LogP contribution < -0.4 is 5.32 Å². The predicted octanol–water partition coefficient (Wildman–Crippen LogP) is 3.17. The second-order valence-corrected chi connectivity index (χ2v) is 4.01.